The van der Waals surface area contributed by atoms with Crippen LogP contribution in [-0.4, -0.2) is 55.1 Å². The number of halogens is 1. The standard InChI is InChI=1S/C24H23ClN4O3S/c1-15-6-7-18(25)21-20(15)27-24(33-21)29-12-10-28(11-13-29)9-8-26-22(30)17-14-16-4-2-3-5-19(16)32-23(17)31/h2-7,14H,8-13H2,1H3,(H,26,30). The predicted molar refractivity (Wildman–Crippen MR) is 133 cm³/mol. The zero-order valence-corrected chi connectivity index (χ0v) is 19.7. The summed E-state index contributed by atoms with van der Waals surface area (Å²) in [6.45, 7) is 6.69. The van der Waals surface area contributed by atoms with Crippen LogP contribution in [0, 0.1) is 6.92 Å². The molecule has 4 aromatic rings. The monoisotopic (exact) mass is 482 g/mol. The maximum Gasteiger partial charge on any atom is 0.349 e. The lowest BCUT2D eigenvalue weighted by Crippen LogP contribution is -2.48. The maximum absolute atomic E-state index is 12.5. The van der Waals surface area contributed by atoms with Crippen LogP contribution >= 0.6 is 22.9 Å². The fourth-order valence-corrected chi connectivity index (χ4v) is 5.40. The molecule has 9 heteroatoms. The van der Waals surface area contributed by atoms with E-state index < -0.39 is 11.5 Å². The molecule has 0 spiro atoms. The number of amides is 1. The Morgan fingerprint density at radius 3 is 2.76 bits per heavy atom. The van der Waals surface area contributed by atoms with Crippen LogP contribution in [0.25, 0.3) is 21.2 Å². The molecule has 0 bridgehead atoms. The van der Waals surface area contributed by atoms with Crippen molar-refractivity contribution in [1.29, 1.82) is 0 Å². The van der Waals surface area contributed by atoms with Crippen molar-refractivity contribution >= 4 is 55.2 Å². The fraction of sp³-hybridized carbons (Fsp3) is 0.292. The first-order chi connectivity index (χ1) is 16.0. The number of anilines is 1. The second kappa shape index (κ2) is 9.13. The first-order valence-electron chi connectivity index (χ1n) is 10.8. The van der Waals surface area contributed by atoms with E-state index >= 15 is 0 Å². The van der Waals surface area contributed by atoms with E-state index in [4.69, 9.17) is 21.0 Å². The molecule has 0 aliphatic carbocycles. The van der Waals surface area contributed by atoms with Crippen LogP contribution in [0.15, 0.2) is 51.7 Å². The van der Waals surface area contributed by atoms with E-state index in [0.29, 0.717) is 18.7 Å². The normalized spacial score (nSPS) is 14.8. The molecule has 5 rings (SSSR count). The third-order valence-electron chi connectivity index (χ3n) is 5.93. The van der Waals surface area contributed by atoms with Gasteiger partial charge in [0.05, 0.1) is 15.2 Å². The summed E-state index contributed by atoms with van der Waals surface area (Å²) in [6.07, 6.45) is 0. The predicted octanol–water partition coefficient (Wildman–Crippen LogP) is 3.92. The summed E-state index contributed by atoms with van der Waals surface area (Å²) < 4.78 is 6.29. The number of benzene rings is 2. The number of rotatable bonds is 5. The van der Waals surface area contributed by atoms with Crippen molar-refractivity contribution in [2.75, 3.05) is 44.2 Å². The highest BCUT2D eigenvalue weighted by atomic mass is 35.5. The number of nitrogens with one attached hydrogen (secondary N) is 1. The van der Waals surface area contributed by atoms with Gasteiger partial charge in [-0.2, -0.15) is 0 Å². The zero-order valence-electron chi connectivity index (χ0n) is 18.1. The molecule has 3 heterocycles. The van der Waals surface area contributed by atoms with Gasteiger partial charge in [-0.25, -0.2) is 9.78 Å². The van der Waals surface area contributed by atoms with Crippen molar-refractivity contribution in [2.45, 2.75) is 6.92 Å². The van der Waals surface area contributed by atoms with Crippen molar-refractivity contribution in [3.05, 3.63) is 69.0 Å². The highest BCUT2D eigenvalue weighted by Gasteiger charge is 2.21. The summed E-state index contributed by atoms with van der Waals surface area (Å²) in [6, 6.07) is 12.7. The Morgan fingerprint density at radius 2 is 1.97 bits per heavy atom. The number of aromatic nitrogens is 1. The lowest BCUT2D eigenvalue weighted by Gasteiger charge is -2.34. The van der Waals surface area contributed by atoms with E-state index in [-0.39, 0.29) is 5.56 Å². The van der Waals surface area contributed by atoms with Crippen LogP contribution in [0.4, 0.5) is 5.13 Å². The number of carbonyl (C=O) groups is 1. The first-order valence-corrected chi connectivity index (χ1v) is 12.0. The van der Waals surface area contributed by atoms with Gasteiger partial charge in [-0.1, -0.05) is 47.2 Å². The lowest BCUT2D eigenvalue weighted by molar-refractivity contribution is 0.0944. The second-order valence-electron chi connectivity index (χ2n) is 8.11. The Bertz CT molecular complexity index is 1350. The first kappa shape index (κ1) is 21.9. The van der Waals surface area contributed by atoms with Crippen molar-refractivity contribution in [1.82, 2.24) is 15.2 Å². The van der Waals surface area contributed by atoms with E-state index in [1.807, 2.05) is 24.3 Å². The van der Waals surface area contributed by atoms with E-state index in [2.05, 4.69) is 22.0 Å². The number of hydrogen-bond donors (Lipinski definition) is 1. The molecule has 1 aliphatic heterocycles. The van der Waals surface area contributed by atoms with Crippen LogP contribution in [0.5, 0.6) is 0 Å². The molecule has 1 amide bonds. The van der Waals surface area contributed by atoms with Gasteiger partial charge in [-0.15, -0.1) is 0 Å². The van der Waals surface area contributed by atoms with Crippen LogP contribution in [0.3, 0.4) is 0 Å². The fourth-order valence-electron chi connectivity index (χ4n) is 4.03. The Morgan fingerprint density at radius 1 is 1.18 bits per heavy atom. The summed E-state index contributed by atoms with van der Waals surface area (Å²) in [5.74, 6) is -0.408. The Labute approximate surface area is 199 Å². The van der Waals surface area contributed by atoms with Crippen LogP contribution in [-0.2, 0) is 0 Å². The number of thiazole rings is 1. The summed E-state index contributed by atoms with van der Waals surface area (Å²) in [5.41, 5.74) is 1.99. The molecule has 0 unspecified atom stereocenters. The lowest BCUT2D eigenvalue weighted by atomic mass is 10.2. The number of hydrogen-bond acceptors (Lipinski definition) is 7. The van der Waals surface area contributed by atoms with Crippen molar-refractivity contribution in [2.24, 2.45) is 0 Å². The van der Waals surface area contributed by atoms with Gasteiger partial charge in [0.25, 0.3) is 5.91 Å². The summed E-state index contributed by atoms with van der Waals surface area (Å²) in [5, 5.41) is 5.31. The van der Waals surface area contributed by atoms with Gasteiger partial charge in [0.15, 0.2) is 5.13 Å². The Kier molecular flexibility index (Phi) is 6.05. The van der Waals surface area contributed by atoms with Crippen molar-refractivity contribution < 1.29 is 9.21 Å². The third-order valence-corrected chi connectivity index (χ3v) is 7.50. The number of fused-ring (bicyclic) bond motifs is 2. The van der Waals surface area contributed by atoms with E-state index in [1.165, 1.54) is 0 Å². The third kappa shape index (κ3) is 4.46. The number of carbonyl (C=O) groups excluding carboxylic acids is 1. The molecule has 7 nitrogen and oxygen atoms in total. The molecular formula is C24H23ClN4O3S. The van der Waals surface area contributed by atoms with Gasteiger partial charge in [0, 0.05) is 44.7 Å². The van der Waals surface area contributed by atoms with Gasteiger partial charge < -0.3 is 14.6 Å². The topological polar surface area (TPSA) is 78.7 Å². The van der Waals surface area contributed by atoms with Gasteiger partial charge in [0.2, 0.25) is 0 Å². The molecule has 2 aromatic carbocycles. The Hall–Kier alpha value is -2.94. The molecule has 0 radical (unpaired) electrons. The van der Waals surface area contributed by atoms with E-state index in [0.717, 1.165) is 57.5 Å². The minimum absolute atomic E-state index is 0.0308. The molecule has 170 valence electrons. The summed E-state index contributed by atoms with van der Waals surface area (Å²) in [4.78, 5) is 34.1. The molecule has 1 aliphatic rings. The number of piperazine rings is 1. The molecular weight excluding hydrogens is 460 g/mol. The van der Waals surface area contributed by atoms with Crippen molar-refractivity contribution in [3.8, 4) is 0 Å². The van der Waals surface area contributed by atoms with Crippen LogP contribution in [0.2, 0.25) is 5.02 Å². The quantitative estimate of drug-likeness (QED) is 0.434. The number of aryl methyl sites for hydroxylation is 1. The molecule has 1 fully saturated rings. The Balaban J connectivity index is 1.15. The highest BCUT2D eigenvalue weighted by molar-refractivity contribution is 7.22. The minimum atomic E-state index is -0.619. The average molecular weight is 483 g/mol. The smallest absolute Gasteiger partial charge is 0.349 e. The maximum atomic E-state index is 12.5. The molecule has 1 saturated heterocycles. The molecule has 1 N–H and O–H groups in total. The van der Waals surface area contributed by atoms with Crippen LogP contribution in [0.1, 0.15) is 15.9 Å². The minimum Gasteiger partial charge on any atom is -0.422 e. The van der Waals surface area contributed by atoms with Gasteiger partial charge >= 0.3 is 5.63 Å². The molecule has 0 atom stereocenters. The number of para-hydroxylation sites is 1. The van der Waals surface area contributed by atoms with E-state index in [1.54, 1.807) is 29.5 Å². The largest absolute Gasteiger partial charge is 0.422 e. The summed E-state index contributed by atoms with van der Waals surface area (Å²) >= 11 is 7.99. The highest BCUT2D eigenvalue weighted by Crippen LogP contribution is 2.35. The number of nitrogens with zero attached hydrogens (tertiary/aromatic N) is 3. The summed E-state index contributed by atoms with van der Waals surface area (Å²) in [7, 11) is 0. The average Bonchev–Trinajstić information content (AvgIpc) is 3.28. The van der Waals surface area contributed by atoms with Gasteiger partial charge in [0.1, 0.15) is 11.1 Å². The second-order valence-corrected chi connectivity index (χ2v) is 9.49. The van der Waals surface area contributed by atoms with Crippen molar-refractivity contribution in [3.63, 3.8) is 0 Å². The zero-order chi connectivity index (χ0) is 22.9. The van der Waals surface area contributed by atoms with E-state index in [9.17, 15) is 9.59 Å². The molecule has 2 aromatic heterocycles. The SMILES string of the molecule is Cc1ccc(Cl)c2sc(N3CCN(CCNC(=O)c4cc5ccccc5oc4=O)CC3)nc12. The van der Waals surface area contributed by atoms with Gasteiger partial charge in [-0.05, 0) is 30.7 Å². The molecule has 0 saturated carbocycles. The molecule has 33 heavy (non-hydrogen) atoms. The van der Waals surface area contributed by atoms with Gasteiger partial charge in [-0.3, -0.25) is 9.69 Å². The van der Waals surface area contributed by atoms with Crippen LogP contribution < -0.4 is 15.8 Å².